The van der Waals surface area contributed by atoms with Crippen molar-refractivity contribution in [3.8, 4) is 5.75 Å². The number of fused-ring (bicyclic) bond motifs is 1. The van der Waals surface area contributed by atoms with E-state index in [0.29, 0.717) is 26.2 Å². The number of imidazole rings is 1. The topological polar surface area (TPSA) is 93.5 Å². The lowest BCUT2D eigenvalue weighted by Gasteiger charge is -2.20. The summed E-state index contributed by atoms with van der Waals surface area (Å²) in [6.45, 7) is 7.06. The lowest BCUT2D eigenvalue weighted by molar-refractivity contribution is 0.0952. The van der Waals surface area contributed by atoms with Gasteiger partial charge in [0.15, 0.2) is 0 Å². The molecule has 0 bridgehead atoms. The number of benzene rings is 2. The van der Waals surface area contributed by atoms with Crippen LogP contribution in [0, 0.1) is 6.92 Å². The predicted molar refractivity (Wildman–Crippen MR) is 120 cm³/mol. The van der Waals surface area contributed by atoms with Crippen LogP contribution in [0.2, 0.25) is 0 Å². The Kier molecular flexibility index (Phi) is 6.97. The normalized spacial score (nSPS) is 11.8. The average Bonchev–Trinajstić information content (AvgIpc) is 3.09. The van der Waals surface area contributed by atoms with Crippen molar-refractivity contribution >= 4 is 27.0 Å². The van der Waals surface area contributed by atoms with Crippen molar-refractivity contribution in [1.29, 1.82) is 0 Å². The van der Waals surface area contributed by atoms with Crippen LogP contribution in [-0.2, 0) is 16.6 Å². The molecule has 0 spiro atoms. The third kappa shape index (κ3) is 4.57. The number of para-hydroxylation sites is 2. The van der Waals surface area contributed by atoms with Crippen molar-refractivity contribution in [2.45, 2.75) is 32.2 Å². The van der Waals surface area contributed by atoms with E-state index in [9.17, 15) is 13.2 Å². The van der Waals surface area contributed by atoms with Gasteiger partial charge in [0.2, 0.25) is 10.0 Å². The fraction of sp³-hybridized carbons (Fsp3) is 0.364. The molecule has 3 rings (SSSR count). The molecule has 0 aliphatic carbocycles. The highest BCUT2D eigenvalue weighted by atomic mass is 32.2. The van der Waals surface area contributed by atoms with Crippen molar-refractivity contribution in [2.24, 2.45) is 0 Å². The highest BCUT2D eigenvalue weighted by Gasteiger charge is 2.26. The summed E-state index contributed by atoms with van der Waals surface area (Å²) in [5.41, 5.74) is 2.18. The van der Waals surface area contributed by atoms with E-state index >= 15 is 0 Å². The number of carbonyl (C=O) groups is 1. The van der Waals surface area contributed by atoms with Crippen LogP contribution in [0.1, 0.15) is 30.0 Å². The van der Waals surface area contributed by atoms with Gasteiger partial charge in [0.05, 0.1) is 18.1 Å². The summed E-state index contributed by atoms with van der Waals surface area (Å²) in [7, 11) is -2.36. The standard InChI is InChI=1S/C22H28N4O4S/c1-5-25(6-2)31(28,29)21-15-17(11-12-20(21)30-4)22(27)23-13-14-26-16(3)24-18-9-7-8-10-19(18)26/h7-12,15H,5-6,13-14H2,1-4H3,(H,23,27). The second-order valence-corrected chi connectivity index (χ2v) is 8.92. The van der Waals surface area contributed by atoms with Gasteiger partial charge in [-0.3, -0.25) is 4.79 Å². The van der Waals surface area contributed by atoms with Crippen LogP contribution >= 0.6 is 0 Å². The van der Waals surface area contributed by atoms with Gasteiger partial charge in [0, 0.05) is 31.7 Å². The van der Waals surface area contributed by atoms with E-state index in [1.54, 1.807) is 19.9 Å². The molecule has 0 atom stereocenters. The lowest BCUT2D eigenvalue weighted by atomic mass is 10.2. The Balaban J connectivity index is 1.78. The first-order valence-corrected chi connectivity index (χ1v) is 11.7. The van der Waals surface area contributed by atoms with Gasteiger partial charge in [0.25, 0.3) is 5.91 Å². The number of methoxy groups -OCH3 is 1. The summed E-state index contributed by atoms with van der Waals surface area (Å²) in [5.74, 6) is 0.734. The maximum absolute atomic E-state index is 13.0. The Hall–Kier alpha value is -2.91. The molecular weight excluding hydrogens is 416 g/mol. The number of nitrogens with one attached hydrogen (secondary N) is 1. The van der Waals surface area contributed by atoms with Gasteiger partial charge < -0.3 is 14.6 Å². The van der Waals surface area contributed by atoms with Gasteiger partial charge >= 0.3 is 0 Å². The van der Waals surface area contributed by atoms with Crippen molar-refractivity contribution in [2.75, 3.05) is 26.7 Å². The number of sulfonamides is 1. The minimum Gasteiger partial charge on any atom is -0.495 e. The van der Waals surface area contributed by atoms with Crippen LogP contribution in [0.25, 0.3) is 11.0 Å². The Morgan fingerprint density at radius 2 is 1.87 bits per heavy atom. The predicted octanol–water partition coefficient (Wildman–Crippen LogP) is 2.81. The van der Waals surface area contributed by atoms with Crippen LogP contribution in [0.3, 0.4) is 0 Å². The lowest BCUT2D eigenvalue weighted by Crippen LogP contribution is -2.31. The first-order chi connectivity index (χ1) is 14.8. The number of nitrogens with zero attached hydrogens (tertiary/aromatic N) is 3. The average molecular weight is 445 g/mol. The summed E-state index contributed by atoms with van der Waals surface area (Å²) in [5, 5.41) is 2.87. The van der Waals surface area contributed by atoms with Gasteiger partial charge in [-0.15, -0.1) is 0 Å². The Bertz CT molecular complexity index is 1180. The number of rotatable bonds is 9. The van der Waals surface area contributed by atoms with E-state index < -0.39 is 10.0 Å². The Morgan fingerprint density at radius 1 is 1.16 bits per heavy atom. The van der Waals surface area contributed by atoms with Crippen molar-refractivity contribution in [3.63, 3.8) is 0 Å². The molecule has 1 aromatic heterocycles. The molecule has 0 saturated heterocycles. The number of hydrogen-bond acceptors (Lipinski definition) is 5. The fourth-order valence-electron chi connectivity index (χ4n) is 3.58. The fourth-order valence-corrected chi connectivity index (χ4v) is 5.22. The van der Waals surface area contributed by atoms with Crippen LogP contribution < -0.4 is 10.1 Å². The zero-order chi connectivity index (χ0) is 22.6. The Labute approximate surface area is 182 Å². The van der Waals surface area contributed by atoms with E-state index in [4.69, 9.17) is 4.74 Å². The van der Waals surface area contributed by atoms with Gasteiger partial charge in [-0.05, 0) is 37.3 Å². The highest BCUT2D eigenvalue weighted by Crippen LogP contribution is 2.28. The van der Waals surface area contributed by atoms with Crippen molar-refractivity contribution in [1.82, 2.24) is 19.2 Å². The van der Waals surface area contributed by atoms with Gasteiger partial charge in [-0.25, -0.2) is 13.4 Å². The maximum atomic E-state index is 13.0. The van der Waals surface area contributed by atoms with Crippen LogP contribution in [0.5, 0.6) is 5.75 Å². The van der Waals surface area contributed by atoms with Gasteiger partial charge in [0.1, 0.15) is 16.5 Å². The first-order valence-electron chi connectivity index (χ1n) is 10.2. The van der Waals surface area contributed by atoms with E-state index in [2.05, 4.69) is 10.3 Å². The molecular formula is C22H28N4O4S. The summed E-state index contributed by atoms with van der Waals surface area (Å²) in [6, 6.07) is 12.3. The number of carbonyl (C=O) groups excluding carboxylic acids is 1. The number of aryl methyl sites for hydroxylation is 1. The maximum Gasteiger partial charge on any atom is 0.251 e. The van der Waals surface area contributed by atoms with Crippen LogP contribution in [0.4, 0.5) is 0 Å². The summed E-state index contributed by atoms with van der Waals surface area (Å²) >= 11 is 0. The number of aromatic nitrogens is 2. The molecule has 9 heteroatoms. The molecule has 3 aromatic rings. The molecule has 1 N–H and O–H groups in total. The van der Waals surface area contributed by atoms with E-state index in [1.165, 1.54) is 23.5 Å². The first kappa shape index (κ1) is 22.8. The third-order valence-corrected chi connectivity index (χ3v) is 7.29. The van der Waals surface area contributed by atoms with Crippen LogP contribution in [0.15, 0.2) is 47.4 Å². The smallest absolute Gasteiger partial charge is 0.251 e. The van der Waals surface area contributed by atoms with Gasteiger partial charge in [-0.1, -0.05) is 26.0 Å². The number of amides is 1. The van der Waals surface area contributed by atoms with Gasteiger partial charge in [-0.2, -0.15) is 4.31 Å². The quantitative estimate of drug-likeness (QED) is 0.548. The van der Waals surface area contributed by atoms with E-state index in [-0.39, 0.29) is 22.1 Å². The van der Waals surface area contributed by atoms with E-state index in [1.807, 2.05) is 35.8 Å². The number of hydrogen-bond donors (Lipinski definition) is 1. The molecule has 2 aromatic carbocycles. The van der Waals surface area contributed by atoms with Crippen molar-refractivity contribution < 1.29 is 17.9 Å². The molecule has 0 saturated carbocycles. The molecule has 8 nitrogen and oxygen atoms in total. The summed E-state index contributed by atoms with van der Waals surface area (Å²) < 4.78 is 34.6. The van der Waals surface area contributed by atoms with Crippen LogP contribution in [-0.4, -0.2) is 54.9 Å². The molecule has 1 heterocycles. The van der Waals surface area contributed by atoms with E-state index in [0.717, 1.165) is 16.9 Å². The third-order valence-electron chi connectivity index (χ3n) is 5.22. The summed E-state index contributed by atoms with van der Waals surface area (Å²) in [6.07, 6.45) is 0. The monoisotopic (exact) mass is 444 g/mol. The minimum atomic E-state index is -3.77. The molecule has 31 heavy (non-hydrogen) atoms. The largest absolute Gasteiger partial charge is 0.495 e. The zero-order valence-corrected chi connectivity index (χ0v) is 19.1. The Morgan fingerprint density at radius 3 is 2.55 bits per heavy atom. The molecule has 0 aliphatic heterocycles. The second-order valence-electron chi connectivity index (χ2n) is 7.01. The molecule has 166 valence electrons. The summed E-state index contributed by atoms with van der Waals surface area (Å²) in [4.78, 5) is 17.2. The molecule has 0 radical (unpaired) electrons. The minimum absolute atomic E-state index is 0.0113. The SMILES string of the molecule is CCN(CC)S(=O)(=O)c1cc(C(=O)NCCn2c(C)nc3ccccc32)ccc1OC. The number of ether oxygens (including phenoxy) is 1. The molecule has 0 unspecified atom stereocenters. The molecule has 1 amide bonds. The highest BCUT2D eigenvalue weighted by molar-refractivity contribution is 7.89. The molecule has 0 aliphatic rings. The second kappa shape index (κ2) is 9.49. The molecule has 0 fully saturated rings. The van der Waals surface area contributed by atoms with Crippen molar-refractivity contribution in [3.05, 3.63) is 53.9 Å². The zero-order valence-electron chi connectivity index (χ0n) is 18.3.